The molecule has 2 N–H and O–H groups in total. The summed E-state index contributed by atoms with van der Waals surface area (Å²) in [4.78, 5) is 0. The first-order valence-electron chi connectivity index (χ1n) is 3.13. The van der Waals surface area contributed by atoms with E-state index in [1.807, 2.05) is 0 Å². The first-order valence-corrected chi connectivity index (χ1v) is 4.26. The van der Waals surface area contributed by atoms with Crippen molar-refractivity contribution in [3.63, 3.8) is 0 Å². The summed E-state index contributed by atoms with van der Waals surface area (Å²) in [5.74, 6) is -1.18. The molecule has 6 heteroatoms. The summed E-state index contributed by atoms with van der Waals surface area (Å²) < 4.78 is 4.71. The van der Waals surface area contributed by atoms with Crippen LogP contribution in [-0.4, -0.2) is 17.3 Å². The van der Waals surface area contributed by atoms with Gasteiger partial charge in [-0.1, -0.05) is 34.8 Å². The Bertz CT molecular complexity index is 322. The van der Waals surface area contributed by atoms with Crippen molar-refractivity contribution in [1.82, 2.24) is 0 Å². The normalized spacial score (nSPS) is 10.2. The minimum Gasteiger partial charge on any atom is -0.503 e. The van der Waals surface area contributed by atoms with Gasteiger partial charge >= 0.3 is 0 Å². The third kappa shape index (κ3) is 1.59. The number of hydrogen-bond acceptors (Lipinski definition) is 3. The van der Waals surface area contributed by atoms with Crippen molar-refractivity contribution in [3.05, 3.63) is 15.1 Å². The molecule has 0 aliphatic heterocycles. The number of ether oxygens (including phenoxy) is 1. The van der Waals surface area contributed by atoms with Crippen molar-refractivity contribution in [2.45, 2.75) is 0 Å². The third-order valence-electron chi connectivity index (χ3n) is 1.44. The van der Waals surface area contributed by atoms with Gasteiger partial charge in [0.1, 0.15) is 10.0 Å². The van der Waals surface area contributed by atoms with E-state index in [0.29, 0.717) is 0 Å². The number of phenols is 2. The van der Waals surface area contributed by atoms with Crippen molar-refractivity contribution >= 4 is 34.8 Å². The highest BCUT2D eigenvalue weighted by atomic mass is 35.5. The first-order chi connectivity index (χ1) is 6.00. The molecule has 0 fully saturated rings. The van der Waals surface area contributed by atoms with Crippen LogP contribution in [0.25, 0.3) is 0 Å². The quantitative estimate of drug-likeness (QED) is 0.589. The van der Waals surface area contributed by atoms with Crippen LogP contribution in [0.4, 0.5) is 0 Å². The fraction of sp³-hybridized carbons (Fsp3) is 0.143. The molecule has 0 saturated heterocycles. The average molecular weight is 243 g/mol. The molecule has 0 aliphatic carbocycles. The van der Waals surface area contributed by atoms with Crippen LogP contribution in [0.15, 0.2) is 0 Å². The number of methoxy groups -OCH3 is 1. The minimum absolute atomic E-state index is 0.0375. The van der Waals surface area contributed by atoms with Gasteiger partial charge in [0.2, 0.25) is 5.75 Å². The van der Waals surface area contributed by atoms with Gasteiger partial charge in [0.05, 0.1) is 12.1 Å². The molecule has 0 heterocycles. The largest absolute Gasteiger partial charge is 0.503 e. The Morgan fingerprint density at radius 2 is 1.46 bits per heavy atom. The molecular formula is C7H5Cl3O3. The molecule has 1 rings (SSSR count). The molecule has 0 amide bonds. The summed E-state index contributed by atoms with van der Waals surface area (Å²) in [7, 11) is 1.28. The maximum Gasteiger partial charge on any atom is 0.203 e. The smallest absolute Gasteiger partial charge is 0.203 e. The molecule has 1 aromatic rings. The highest BCUT2D eigenvalue weighted by Crippen LogP contribution is 2.50. The molecule has 0 aliphatic rings. The Morgan fingerprint density at radius 3 is 1.92 bits per heavy atom. The van der Waals surface area contributed by atoms with Gasteiger partial charge in [-0.2, -0.15) is 0 Å². The van der Waals surface area contributed by atoms with Crippen LogP contribution < -0.4 is 4.74 Å². The van der Waals surface area contributed by atoms with Crippen molar-refractivity contribution < 1.29 is 14.9 Å². The fourth-order valence-electron chi connectivity index (χ4n) is 0.802. The highest BCUT2D eigenvalue weighted by molar-refractivity contribution is 6.49. The molecule has 0 unspecified atom stereocenters. The molecule has 1 aromatic carbocycles. The maximum atomic E-state index is 9.28. The summed E-state index contributed by atoms with van der Waals surface area (Å²) in [6, 6.07) is 0. The summed E-state index contributed by atoms with van der Waals surface area (Å²) >= 11 is 16.8. The lowest BCUT2D eigenvalue weighted by molar-refractivity contribution is 0.351. The van der Waals surface area contributed by atoms with Crippen LogP contribution in [0.2, 0.25) is 15.1 Å². The average Bonchev–Trinajstić information content (AvgIpc) is 2.13. The topological polar surface area (TPSA) is 49.7 Å². The second kappa shape index (κ2) is 3.70. The SMILES string of the molecule is COc1c(O)c(O)c(Cl)c(Cl)c1Cl. The number of rotatable bonds is 1. The van der Waals surface area contributed by atoms with E-state index >= 15 is 0 Å². The van der Waals surface area contributed by atoms with E-state index in [1.165, 1.54) is 7.11 Å². The number of aromatic hydroxyl groups is 2. The van der Waals surface area contributed by atoms with Crippen LogP contribution in [-0.2, 0) is 0 Å². The van der Waals surface area contributed by atoms with E-state index in [9.17, 15) is 10.2 Å². The second-order valence-corrected chi connectivity index (χ2v) is 3.31. The zero-order valence-corrected chi connectivity index (χ0v) is 8.70. The van der Waals surface area contributed by atoms with Crippen molar-refractivity contribution in [1.29, 1.82) is 0 Å². The Labute approximate surface area is 89.4 Å². The molecule has 0 spiro atoms. The molecule has 3 nitrogen and oxygen atoms in total. The summed E-state index contributed by atoms with van der Waals surface area (Å²) in [5, 5.41) is 18.2. The standard InChI is InChI=1S/C7H5Cl3O3/c1-13-7-4(10)2(8)3(9)5(11)6(7)12/h11-12H,1H3. The van der Waals surface area contributed by atoms with Gasteiger partial charge in [-0.15, -0.1) is 0 Å². The zero-order valence-electron chi connectivity index (χ0n) is 6.44. The van der Waals surface area contributed by atoms with Gasteiger partial charge in [0.25, 0.3) is 0 Å². The number of phenolic OH excluding ortho intramolecular Hbond substituents is 2. The molecule has 13 heavy (non-hydrogen) atoms. The molecule has 0 aromatic heterocycles. The predicted molar refractivity (Wildman–Crippen MR) is 51.4 cm³/mol. The minimum atomic E-state index is -0.548. The van der Waals surface area contributed by atoms with Gasteiger partial charge in [-0.3, -0.25) is 0 Å². The number of benzene rings is 1. The molecular weight excluding hydrogens is 238 g/mol. The Kier molecular flexibility index (Phi) is 3.01. The molecule has 0 radical (unpaired) electrons. The van der Waals surface area contributed by atoms with Gasteiger partial charge in [-0.25, -0.2) is 0 Å². The van der Waals surface area contributed by atoms with E-state index in [4.69, 9.17) is 39.5 Å². The first kappa shape index (κ1) is 10.6. The van der Waals surface area contributed by atoms with Crippen LogP contribution in [0, 0.1) is 0 Å². The Hall–Kier alpha value is -0.510. The summed E-state index contributed by atoms with van der Waals surface area (Å²) in [5.41, 5.74) is 0. The third-order valence-corrected chi connectivity index (χ3v) is 2.74. The maximum absolute atomic E-state index is 9.28. The van der Waals surface area contributed by atoms with Crippen LogP contribution in [0.5, 0.6) is 17.2 Å². The molecule has 0 saturated carbocycles. The van der Waals surface area contributed by atoms with Gasteiger partial charge in [0.15, 0.2) is 11.5 Å². The number of halogens is 3. The van der Waals surface area contributed by atoms with Gasteiger partial charge < -0.3 is 14.9 Å². The lowest BCUT2D eigenvalue weighted by atomic mass is 10.3. The summed E-state index contributed by atoms with van der Waals surface area (Å²) in [6.45, 7) is 0. The Morgan fingerprint density at radius 1 is 0.923 bits per heavy atom. The monoisotopic (exact) mass is 242 g/mol. The Balaban J connectivity index is 3.56. The second-order valence-electron chi connectivity index (χ2n) is 2.17. The molecule has 0 bridgehead atoms. The van der Waals surface area contributed by atoms with Crippen LogP contribution >= 0.6 is 34.8 Å². The van der Waals surface area contributed by atoms with Gasteiger partial charge in [0, 0.05) is 0 Å². The van der Waals surface area contributed by atoms with E-state index in [2.05, 4.69) is 0 Å². The number of hydrogen-bond donors (Lipinski definition) is 2. The fourth-order valence-corrected chi connectivity index (χ4v) is 1.47. The van der Waals surface area contributed by atoms with Crippen molar-refractivity contribution in [2.24, 2.45) is 0 Å². The highest BCUT2D eigenvalue weighted by Gasteiger charge is 2.20. The predicted octanol–water partition coefficient (Wildman–Crippen LogP) is 3.07. The van der Waals surface area contributed by atoms with E-state index in [-0.39, 0.29) is 20.8 Å². The molecule has 72 valence electrons. The van der Waals surface area contributed by atoms with Crippen LogP contribution in [0.3, 0.4) is 0 Å². The van der Waals surface area contributed by atoms with E-state index < -0.39 is 11.5 Å². The lowest BCUT2D eigenvalue weighted by Gasteiger charge is -2.10. The molecule has 0 atom stereocenters. The zero-order chi connectivity index (χ0) is 10.2. The van der Waals surface area contributed by atoms with E-state index in [0.717, 1.165) is 0 Å². The van der Waals surface area contributed by atoms with Crippen molar-refractivity contribution in [2.75, 3.05) is 7.11 Å². The van der Waals surface area contributed by atoms with Gasteiger partial charge in [-0.05, 0) is 0 Å². The lowest BCUT2D eigenvalue weighted by Crippen LogP contribution is -1.87. The van der Waals surface area contributed by atoms with Crippen LogP contribution in [0.1, 0.15) is 0 Å². The van der Waals surface area contributed by atoms with Crippen molar-refractivity contribution in [3.8, 4) is 17.2 Å². The summed E-state index contributed by atoms with van der Waals surface area (Å²) in [6.07, 6.45) is 0. The van der Waals surface area contributed by atoms with E-state index in [1.54, 1.807) is 0 Å².